The molecule has 0 aliphatic carbocycles. The van der Waals surface area contributed by atoms with Gasteiger partial charge < -0.3 is 4.74 Å². The van der Waals surface area contributed by atoms with Crippen LogP contribution in [-0.4, -0.2) is 34.4 Å². The molecule has 1 aromatic rings. The number of cyclic esters (lactones) is 1. The molecule has 0 radical (unpaired) electrons. The van der Waals surface area contributed by atoms with Gasteiger partial charge >= 0.3 is 5.97 Å². The molecule has 1 saturated heterocycles. The maximum atomic E-state index is 11.3. The number of nitrogens with zero attached hydrogens (tertiary/aromatic N) is 2. The zero-order valence-corrected chi connectivity index (χ0v) is 9.64. The Hall–Kier alpha value is -1.36. The van der Waals surface area contributed by atoms with E-state index in [9.17, 15) is 4.79 Å². The molecule has 88 valence electrons. The fourth-order valence-electron chi connectivity index (χ4n) is 1.89. The van der Waals surface area contributed by atoms with Gasteiger partial charge in [-0.15, -0.1) is 0 Å². The van der Waals surface area contributed by atoms with E-state index in [0.29, 0.717) is 6.61 Å². The standard InChI is InChI=1S/C11H17N3O2/c1-8-5-12-14(6-8)7-9(2)13-10-3-4-16-11(10)15/h5-6,9-10,13H,3-4,7H2,1-2H3/t9-,10-/m1/s1. The van der Waals surface area contributed by atoms with Crippen molar-refractivity contribution in [1.29, 1.82) is 0 Å². The van der Waals surface area contributed by atoms with Crippen LogP contribution in [0.15, 0.2) is 12.4 Å². The summed E-state index contributed by atoms with van der Waals surface area (Å²) in [6, 6.07) is 0.0570. The molecular weight excluding hydrogens is 206 g/mol. The van der Waals surface area contributed by atoms with Crippen molar-refractivity contribution in [3.8, 4) is 0 Å². The lowest BCUT2D eigenvalue weighted by molar-refractivity contribution is -0.139. The van der Waals surface area contributed by atoms with Gasteiger partial charge in [-0.3, -0.25) is 14.8 Å². The van der Waals surface area contributed by atoms with E-state index in [1.54, 1.807) is 0 Å². The van der Waals surface area contributed by atoms with Gasteiger partial charge in [-0.25, -0.2) is 0 Å². The first-order chi connectivity index (χ1) is 7.65. The second-order valence-electron chi connectivity index (χ2n) is 4.32. The second kappa shape index (κ2) is 4.65. The van der Waals surface area contributed by atoms with Crippen LogP contribution in [0.3, 0.4) is 0 Å². The topological polar surface area (TPSA) is 56.1 Å². The zero-order chi connectivity index (χ0) is 11.5. The third-order valence-corrected chi connectivity index (χ3v) is 2.64. The van der Waals surface area contributed by atoms with Crippen LogP contribution in [0, 0.1) is 6.92 Å². The smallest absolute Gasteiger partial charge is 0.323 e. The molecule has 5 nitrogen and oxygen atoms in total. The minimum atomic E-state index is -0.147. The Bertz CT molecular complexity index is 375. The molecule has 2 rings (SSSR count). The van der Waals surface area contributed by atoms with Crippen molar-refractivity contribution in [1.82, 2.24) is 15.1 Å². The van der Waals surface area contributed by atoms with E-state index in [4.69, 9.17) is 4.74 Å². The highest BCUT2D eigenvalue weighted by atomic mass is 16.5. The van der Waals surface area contributed by atoms with Gasteiger partial charge in [0.1, 0.15) is 6.04 Å². The van der Waals surface area contributed by atoms with Crippen molar-refractivity contribution in [3.05, 3.63) is 18.0 Å². The minimum Gasteiger partial charge on any atom is -0.464 e. The molecule has 1 aromatic heterocycles. The molecule has 1 fully saturated rings. The number of esters is 1. The van der Waals surface area contributed by atoms with E-state index in [-0.39, 0.29) is 18.1 Å². The van der Waals surface area contributed by atoms with Gasteiger partial charge in [0.05, 0.1) is 19.3 Å². The third-order valence-electron chi connectivity index (χ3n) is 2.64. The Balaban J connectivity index is 1.84. The molecule has 2 heterocycles. The quantitative estimate of drug-likeness (QED) is 0.755. The predicted molar refractivity (Wildman–Crippen MR) is 58.9 cm³/mol. The fourth-order valence-corrected chi connectivity index (χ4v) is 1.89. The second-order valence-corrected chi connectivity index (χ2v) is 4.32. The highest BCUT2D eigenvalue weighted by Gasteiger charge is 2.27. The highest BCUT2D eigenvalue weighted by Crippen LogP contribution is 2.07. The number of carbonyl (C=O) groups is 1. The van der Waals surface area contributed by atoms with Gasteiger partial charge in [0.15, 0.2) is 0 Å². The van der Waals surface area contributed by atoms with Gasteiger partial charge in [0, 0.05) is 18.7 Å². The lowest BCUT2D eigenvalue weighted by atomic mass is 10.2. The molecule has 2 atom stereocenters. The Morgan fingerprint density at radius 2 is 2.56 bits per heavy atom. The monoisotopic (exact) mass is 223 g/mol. The number of rotatable bonds is 4. The molecule has 0 amide bonds. The van der Waals surface area contributed by atoms with Crippen molar-refractivity contribution in [2.45, 2.75) is 38.9 Å². The van der Waals surface area contributed by atoms with Crippen LogP contribution in [0.4, 0.5) is 0 Å². The van der Waals surface area contributed by atoms with Gasteiger partial charge in [0.2, 0.25) is 0 Å². The van der Waals surface area contributed by atoms with E-state index in [1.165, 1.54) is 0 Å². The molecule has 0 spiro atoms. The number of ether oxygens (including phenoxy) is 1. The molecular formula is C11H17N3O2. The molecule has 0 bridgehead atoms. The number of aromatic nitrogens is 2. The normalized spacial score (nSPS) is 22.1. The Labute approximate surface area is 94.8 Å². The molecule has 1 N–H and O–H groups in total. The number of hydrogen-bond donors (Lipinski definition) is 1. The summed E-state index contributed by atoms with van der Waals surface area (Å²) in [7, 11) is 0. The number of hydrogen-bond acceptors (Lipinski definition) is 4. The lowest BCUT2D eigenvalue weighted by Crippen LogP contribution is -2.41. The average molecular weight is 223 g/mol. The van der Waals surface area contributed by atoms with Gasteiger partial charge in [-0.05, 0) is 19.4 Å². The molecule has 0 aromatic carbocycles. The molecule has 0 unspecified atom stereocenters. The van der Waals surface area contributed by atoms with Crippen LogP contribution < -0.4 is 5.32 Å². The van der Waals surface area contributed by atoms with Crippen LogP contribution in [0.5, 0.6) is 0 Å². The highest BCUT2D eigenvalue weighted by molar-refractivity contribution is 5.77. The summed E-state index contributed by atoms with van der Waals surface area (Å²) in [4.78, 5) is 11.3. The number of nitrogens with one attached hydrogen (secondary N) is 1. The fraction of sp³-hybridized carbons (Fsp3) is 0.636. The maximum Gasteiger partial charge on any atom is 0.323 e. The summed E-state index contributed by atoms with van der Waals surface area (Å²) in [5.41, 5.74) is 1.15. The summed E-state index contributed by atoms with van der Waals surface area (Å²) >= 11 is 0. The summed E-state index contributed by atoms with van der Waals surface area (Å²) in [5, 5.41) is 7.46. The van der Waals surface area contributed by atoms with E-state index >= 15 is 0 Å². The van der Waals surface area contributed by atoms with Gasteiger partial charge in [-0.1, -0.05) is 0 Å². The average Bonchev–Trinajstić information content (AvgIpc) is 2.77. The first kappa shape index (κ1) is 11.1. The van der Waals surface area contributed by atoms with Crippen LogP contribution >= 0.6 is 0 Å². The lowest BCUT2D eigenvalue weighted by Gasteiger charge is -2.16. The van der Waals surface area contributed by atoms with Crippen LogP contribution in [0.1, 0.15) is 18.9 Å². The molecule has 16 heavy (non-hydrogen) atoms. The molecule has 1 aliphatic heterocycles. The molecule has 5 heteroatoms. The number of carbonyl (C=O) groups excluding carboxylic acids is 1. The van der Waals surface area contributed by atoms with Crippen molar-refractivity contribution in [2.24, 2.45) is 0 Å². The van der Waals surface area contributed by atoms with Gasteiger partial charge in [-0.2, -0.15) is 5.10 Å². The summed E-state index contributed by atoms with van der Waals surface area (Å²) in [6.45, 7) is 5.35. The predicted octanol–water partition coefficient (Wildman–Crippen LogP) is 0.485. The van der Waals surface area contributed by atoms with Crippen molar-refractivity contribution < 1.29 is 9.53 Å². The van der Waals surface area contributed by atoms with Crippen LogP contribution in [-0.2, 0) is 16.1 Å². The largest absolute Gasteiger partial charge is 0.464 e. The van der Waals surface area contributed by atoms with E-state index in [2.05, 4.69) is 10.4 Å². The summed E-state index contributed by atoms with van der Waals surface area (Å²) < 4.78 is 6.78. The summed E-state index contributed by atoms with van der Waals surface area (Å²) in [5.74, 6) is -0.136. The Kier molecular flexibility index (Phi) is 3.24. The van der Waals surface area contributed by atoms with Crippen molar-refractivity contribution in [2.75, 3.05) is 6.61 Å². The van der Waals surface area contributed by atoms with Crippen LogP contribution in [0.25, 0.3) is 0 Å². The Morgan fingerprint density at radius 1 is 1.75 bits per heavy atom. The van der Waals surface area contributed by atoms with E-state index in [1.807, 2.05) is 30.9 Å². The third kappa shape index (κ3) is 2.61. The zero-order valence-electron chi connectivity index (χ0n) is 9.64. The molecule has 0 saturated carbocycles. The minimum absolute atomic E-state index is 0.136. The first-order valence-electron chi connectivity index (χ1n) is 5.57. The Morgan fingerprint density at radius 3 is 3.12 bits per heavy atom. The van der Waals surface area contributed by atoms with Crippen LogP contribution in [0.2, 0.25) is 0 Å². The first-order valence-corrected chi connectivity index (χ1v) is 5.57. The SMILES string of the molecule is Cc1cnn(C[C@@H](C)N[C@@H]2CCOC2=O)c1. The van der Waals surface area contributed by atoms with Crippen molar-refractivity contribution in [3.63, 3.8) is 0 Å². The molecule has 1 aliphatic rings. The maximum absolute atomic E-state index is 11.3. The summed E-state index contributed by atoms with van der Waals surface area (Å²) in [6.07, 6.45) is 4.59. The van der Waals surface area contributed by atoms with Gasteiger partial charge in [0.25, 0.3) is 0 Å². The van der Waals surface area contributed by atoms with E-state index in [0.717, 1.165) is 18.5 Å². The van der Waals surface area contributed by atoms with E-state index < -0.39 is 0 Å². The van der Waals surface area contributed by atoms with Crippen molar-refractivity contribution >= 4 is 5.97 Å². The number of aryl methyl sites for hydroxylation is 1.